The summed E-state index contributed by atoms with van der Waals surface area (Å²) in [5, 5.41) is 3.49. The number of nitrogens with two attached hydrogens (primary N) is 1. The fourth-order valence-electron chi connectivity index (χ4n) is 2.15. The Hall–Kier alpha value is -0.930. The van der Waals surface area contributed by atoms with Crippen LogP contribution in [-0.2, 0) is 5.41 Å². The molecule has 0 saturated heterocycles. The highest BCUT2D eigenvalue weighted by molar-refractivity contribution is 5.29. The van der Waals surface area contributed by atoms with Crippen LogP contribution in [0.1, 0.15) is 38.3 Å². The molecule has 0 radical (unpaired) electrons. The minimum absolute atomic E-state index is 0.00858. The Balaban J connectivity index is 2.62. The second-order valence-corrected chi connectivity index (χ2v) is 5.99. The summed E-state index contributed by atoms with van der Waals surface area (Å²) < 4.78 is 13.3. The van der Waals surface area contributed by atoms with Gasteiger partial charge in [-0.2, -0.15) is 0 Å². The van der Waals surface area contributed by atoms with Crippen LogP contribution in [0.2, 0.25) is 0 Å². The van der Waals surface area contributed by atoms with E-state index in [1.54, 1.807) is 6.07 Å². The molecule has 0 aromatic heterocycles. The average Bonchev–Trinajstić information content (AvgIpc) is 2.37. The van der Waals surface area contributed by atoms with E-state index in [9.17, 15) is 4.39 Å². The summed E-state index contributed by atoms with van der Waals surface area (Å²) in [7, 11) is 0. The first-order chi connectivity index (χ1) is 8.90. The van der Waals surface area contributed by atoms with Crippen molar-refractivity contribution in [2.24, 2.45) is 11.7 Å². The van der Waals surface area contributed by atoms with Crippen LogP contribution in [0.5, 0.6) is 0 Å². The number of hydrogen-bond acceptors (Lipinski definition) is 2. The number of nitrogens with one attached hydrogen (secondary N) is 1. The molecule has 1 atom stereocenters. The van der Waals surface area contributed by atoms with E-state index in [1.807, 2.05) is 19.1 Å². The second-order valence-electron chi connectivity index (χ2n) is 5.99. The maximum absolute atomic E-state index is 13.3. The number of aryl methyl sites for hydroxylation is 1. The van der Waals surface area contributed by atoms with E-state index in [1.165, 1.54) is 5.56 Å². The average molecular weight is 266 g/mol. The van der Waals surface area contributed by atoms with Crippen LogP contribution in [0, 0.1) is 18.7 Å². The standard InChI is InChI=1S/C16H27FN2/c1-5-13(9-18)10-19-11-16(3,4)14-6-7-15(17)12(2)8-14/h6-8,13,19H,5,9-11,18H2,1-4H3. The predicted octanol–water partition coefficient (Wildman–Crippen LogP) is 2.99. The molecular weight excluding hydrogens is 239 g/mol. The Labute approximate surface area is 116 Å². The lowest BCUT2D eigenvalue weighted by molar-refractivity contribution is 0.414. The van der Waals surface area contributed by atoms with Gasteiger partial charge in [-0.3, -0.25) is 0 Å². The number of halogens is 1. The fraction of sp³-hybridized carbons (Fsp3) is 0.625. The summed E-state index contributed by atoms with van der Waals surface area (Å²) in [5.74, 6) is 0.396. The van der Waals surface area contributed by atoms with Crippen LogP contribution in [0.3, 0.4) is 0 Å². The van der Waals surface area contributed by atoms with Gasteiger partial charge in [-0.05, 0) is 43.1 Å². The van der Waals surface area contributed by atoms with Crippen LogP contribution in [0.25, 0.3) is 0 Å². The van der Waals surface area contributed by atoms with Gasteiger partial charge in [0.2, 0.25) is 0 Å². The summed E-state index contributed by atoms with van der Waals surface area (Å²) in [6, 6.07) is 5.38. The molecule has 2 nitrogen and oxygen atoms in total. The Morgan fingerprint density at radius 1 is 1.37 bits per heavy atom. The first kappa shape index (κ1) is 16.1. The van der Waals surface area contributed by atoms with Crippen molar-refractivity contribution in [3.63, 3.8) is 0 Å². The molecule has 0 bridgehead atoms. The molecule has 0 aliphatic heterocycles. The van der Waals surface area contributed by atoms with Crippen molar-refractivity contribution in [1.82, 2.24) is 5.32 Å². The molecule has 108 valence electrons. The van der Waals surface area contributed by atoms with Gasteiger partial charge in [0.15, 0.2) is 0 Å². The largest absolute Gasteiger partial charge is 0.330 e. The Morgan fingerprint density at radius 2 is 2.05 bits per heavy atom. The van der Waals surface area contributed by atoms with Gasteiger partial charge in [-0.25, -0.2) is 4.39 Å². The van der Waals surface area contributed by atoms with Crippen molar-refractivity contribution in [2.75, 3.05) is 19.6 Å². The highest BCUT2D eigenvalue weighted by Crippen LogP contribution is 2.24. The van der Waals surface area contributed by atoms with Crippen molar-refractivity contribution < 1.29 is 4.39 Å². The van der Waals surface area contributed by atoms with Crippen molar-refractivity contribution in [1.29, 1.82) is 0 Å². The van der Waals surface area contributed by atoms with Crippen molar-refractivity contribution in [3.8, 4) is 0 Å². The maximum atomic E-state index is 13.3. The predicted molar refractivity (Wildman–Crippen MR) is 79.9 cm³/mol. The highest BCUT2D eigenvalue weighted by Gasteiger charge is 2.21. The summed E-state index contributed by atoms with van der Waals surface area (Å²) in [5.41, 5.74) is 7.56. The van der Waals surface area contributed by atoms with Gasteiger partial charge in [0, 0.05) is 12.0 Å². The van der Waals surface area contributed by atoms with Gasteiger partial charge >= 0.3 is 0 Å². The SMILES string of the molecule is CCC(CN)CNCC(C)(C)c1ccc(F)c(C)c1. The molecule has 1 aromatic rings. The van der Waals surface area contributed by atoms with E-state index in [4.69, 9.17) is 5.73 Å². The maximum Gasteiger partial charge on any atom is 0.126 e. The summed E-state index contributed by atoms with van der Waals surface area (Å²) in [6.45, 7) is 10.9. The highest BCUT2D eigenvalue weighted by atomic mass is 19.1. The van der Waals surface area contributed by atoms with Crippen molar-refractivity contribution in [2.45, 2.75) is 39.5 Å². The molecule has 0 saturated carbocycles. The normalized spacial score (nSPS) is 13.6. The molecular formula is C16H27FN2. The van der Waals surface area contributed by atoms with E-state index in [-0.39, 0.29) is 11.2 Å². The summed E-state index contributed by atoms with van der Waals surface area (Å²) >= 11 is 0. The van der Waals surface area contributed by atoms with E-state index < -0.39 is 0 Å². The molecule has 0 spiro atoms. The molecule has 0 fully saturated rings. The van der Waals surface area contributed by atoms with Crippen LogP contribution in [0.4, 0.5) is 4.39 Å². The first-order valence-electron chi connectivity index (χ1n) is 7.08. The van der Waals surface area contributed by atoms with Crippen molar-refractivity contribution >= 4 is 0 Å². The fourth-order valence-corrected chi connectivity index (χ4v) is 2.15. The topological polar surface area (TPSA) is 38.0 Å². The van der Waals surface area contributed by atoms with Crippen LogP contribution in [0.15, 0.2) is 18.2 Å². The van der Waals surface area contributed by atoms with Crippen molar-refractivity contribution in [3.05, 3.63) is 35.1 Å². The molecule has 3 heteroatoms. The van der Waals surface area contributed by atoms with E-state index in [0.717, 1.165) is 26.1 Å². The lowest BCUT2D eigenvalue weighted by Crippen LogP contribution is -2.37. The Kier molecular flexibility index (Phi) is 5.95. The molecule has 1 unspecified atom stereocenters. The molecule has 0 aliphatic rings. The zero-order chi connectivity index (χ0) is 14.5. The third-order valence-electron chi connectivity index (χ3n) is 3.85. The molecule has 0 aliphatic carbocycles. The zero-order valence-electron chi connectivity index (χ0n) is 12.6. The third kappa shape index (κ3) is 4.59. The molecule has 0 amide bonds. The van der Waals surface area contributed by atoms with Crippen LogP contribution < -0.4 is 11.1 Å². The van der Waals surface area contributed by atoms with E-state index in [2.05, 4.69) is 26.1 Å². The summed E-state index contributed by atoms with van der Waals surface area (Å²) in [6.07, 6.45) is 1.10. The number of rotatable bonds is 7. The lowest BCUT2D eigenvalue weighted by Gasteiger charge is -2.27. The molecule has 19 heavy (non-hydrogen) atoms. The van der Waals surface area contributed by atoms with Gasteiger partial charge in [-0.15, -0.1) is 0 Å². The Morgan fingerprint density at radius 3 is 2.58 bits per heavy atom. The second kappa shape index (κ2) is 7.01. The van der Waals surface area contributed by atoms with Gasteiger partial charge in [0.05, 0.1) is 0 Å². The van der Waals surface area contributed by atoms with Crippen LogP contribution >= 0.6 is 0 Å². The number of hydrogen-bond donors (Lipinski definition) is 2. The van der Waals surface area contributed by atoms with Gasteiger partial charge in [-0.1, -0.05) is 39.3 Å². The molecule has 3 N–H and O–H groups in total. The molecule has 1 aromatic carbocycles. The lowest BCUT2D eigenvalue weighted by atomic mass is 9.83. The van der Waals surface area contributed by atoms with Crippen LogP contribution in [-0.4, -0.2) is 19.6 Å². The first-order valence-corrected chi connectivity index (χ1v) is 7.08. The van der Waals surface area contributed by atoms with E-state index in [0.29, 0.717) is 11.5 Å². The monoisotopic (exact) mass is 266 g/mol. The van der Waals surface area contributed by atoms with Gasteiger partial charge in [0.1, 0.15) is 5.82 Å². The number of benzene rings is 1. The quantitative estimate of drug-likeness (QED) is 0.796. The smallest absolute Gasteiger partial charge is 0.126 e. The minimum Gasteiger partial charge on any atom is -0.330 e. The zero-order valence-corrected chi connectivity index (χ0v) is 12.6. The molecule has 0 heterocycles. The summed E-state index contributed by atoms with van der Waals surface area (Å²) in [4.78, 5) is 0. The van der Waals surface area contributed by atoms with Gasteiger partial charge in [0.25, 0.3) is 0 Å². The third-order valence-corrected chi connectivity index (χ3v) is 3.85. The Bertz CT molecular complexity index is 398. The van der Waals surface area contributed by atoms with E-state index >= 15 is 0 Å². The minimum atomic E-state index is -0.137. The molecule has 1 rings (SSSR count). The van der Waals surface area contributed by atoms with Gasteiger partial charge < -0.3 is 11.1 Å².